The Balaban J connectivity index is 2.26. The Morgan fingerprint density at radius 3 is 2.47 bits per heavy atom. The zero-order valence-corrected chi connectivity index (χ0v) is 9.33. The number of aromatic nitrogens is 4. The summed E-state index contributed by atoms with van der Waals surface area (Å²) >= 11 is 0. The molecule has 17 heavy (non-hydrogen) atoms. The topological polar surface area (TPSA) is 69.6 Å². The van der Waals surface area contributed by atoms with Gasteiger partial charge in [0.25, 0.3) is 0 Å². The van der Waals surface area contributed by atoms with Crippen LogP contribution in [0.2, 0.25) is 0 Å². The van der Waals surface area contributed by atoms with Crippen LogP contribution in [-0.2, 0) is 0 Å². The molecule has 0 saturated carbocycles. The summed E-state index contributed by atoms with van der Waals surface area (Å²) in [4.78, 5) is 8.79. The molecule has 3 rings (SSSR count). The Kier molecular flexibility index (Phi) is 2.04. The van der Waals surface area contributed by atoms with Crippen LogP contribution in [0.15, 0.2) is 36.7 Å². The highest BCUT2D eigenvalue weighted by molar-refractivity contribution is 5.77. The van der Waals surface area contributed by atoms with Crippen molar-refractivity contribution < 1.29 is 0 Å². The van der Waals surface area contributed by atoms with E-state index in [1.807, 2.05) is 37.4 Å². The molecule has 0 aliphatic heterocycles. The molecule has 0 unspecified atom stereocenters. The van der Waals surface area contributed by atoms with Crippen LogP contribution in [-0.4, -0.2) is 19.7 Å². The van der Waals surface area contributed by atoms with Gasteiger partial charge >= 0.3 is 0 Å². The van der Waals surface area contributed by atoms with E-state index < -0.39 is 0 Å². The highest BCUT2D eigenvalue weighted by atomic mass is 15.3. The lowest BCUT2D eigenvalue weighted by atomic mass is 10.3. The standard InChI is InChI=1S/C12H11N5/c1-8-6-14-17(7-8)12-11(13)15-9-4-2-3-5-10(9)16-12/h2-7H,1H3,(H2,13,15). The summed E-state index contributed by atoms with van der Waals surface area (Å²) in [5.41, 5.74) is 8.55. The molecular formula is C12H11N5. The summed E-state index contributed by atoms with van der Waals surface area (Å²) in [6.45, 7) is 1.97. The van der Waals surface area contributed by atoms with Gasteiger partial charge in [-0.25, -0.2) is 14.6 Å². The Bertz CT molecular complexity index is 686. The summed E-state index contributed by atoms with van der Waals surface area (Å²) in [5.74, 6) is 0.948. The summed E-state index contributed by atoms with van der Waals surface area (Å²) in [7, 11) is 0. The predicted molar refractivity (Wildman–Crippen MR) is 65.8 cm³/mol. The van der Waals surface area contributed by atoms with Crippen molar-refractivity contribution in [3.05, 3.63) is 42.2 Å². The molecule has 0 bridgehead atoms. The number of nitrogens with zero attached hydrogens (tertiary/aromatic N) is 4. The number of nitrogens with two attached hydrogens (primary N) is 1. The fourth-order valence-electron chi connectivity index (χ4n) is 1.70. The van der Waals surface area contributed by atoms with E-state index in [9.17, 15) is 0 Å². The van der Waals surface area contributed by atoms with Crippen molar-refractivity contribution in [2.24, 2.45) is 0 Å². The Morgan fingerprint density at radius 1 is 1.12 bits per heavy atom. The maximum atomic E-state index is 5.89. The summed E-state index contributed by atoms with van der Waals surface area (Å²) in [6, 6.07) is 7.62. The molecule has 0 amide bonds. The lowest BCUT2D eigenvalue weighted by Crippen LogP contribution is -2.05. The smallest absolute Gasteiger partial charge is 0.196 e. The largest absolute Gasteiger partial charge is 0.381 e. The zero-order chi connectivity index (χ0) is 11.8. The number of para-hydroxylation sites is 2. The second-order valence-corrected chi connectivity index (χ2v) is 3.88. The average molecular weight is 225 g/mol. The van der Waals surface area contributed by atoms with E-state index in [1.54, 1.807) is 10.9 Å². The van der Waals surface area contributed by atoms with Crippen molar-refractivity contribution in [1.82, 2.24) is 19.7 Å². The van der Waals surface area contributed by atoms with Crippen molar-refractivity contribution in [3.63, 3.8) is 0 Å². The molecule has 3 aromatic rings. The van der Waals surface area contributed by atoms with Gasteiger partial charge in [-0.05, 0) is 24.6 Å². The Hall–Kier alpha value is -2.43. The normalized spacial score (nSPS) is 10.9. The van der Waals surface area contributed by atoms with Crippen molar-refractivity contribution in [2.75, 3.05) is 5.73 Å². The van der Waals surface area contributed by atoms with Gasteiger partial charge in [-0.15, -0.1) is 0 Å². The van der Waals surface area contributed by atoms with E-state index in [1.165, 1.54) is 0 Å². The minimum absolute atomic E-state index is 0.381. The Morgan fingerprint density at radius 2 is 1.82 bits per heavy atom. The van der Waals surface area contributed by atoms with Gasteiger partial charge < -0.3 is 5.73 Å². The zero-order valence-electron chi connectivity index (χ0n) is 9.33. The van der Waals surface area contributed by atoms with Crippen molar-refractivity contribution in [2.45, 2.75) is 6.92 Å². The monoisotopic (exact) mass is 225 g/mol. The summed E-state index contributed by atoms with van der Waals surface area (Å²) in [5, 5.41) is 4.19. The van der Waals surface area contributed by atoms with Gasteiger partial charge in [0.2, 0.25) is 0 Å². The number of benzene rings is 1. The molecule has 0 aliphatic rings. The van der Waals surface area contributed by atoms with Crippen molar-refractivity contribution >= 4 is 16.9 Å². The molecule has 2 heterocycles. The van der Waals surface area contributed by atoms with Crippen LogP contribution >= 0.6 is 0 Å². The van der Waals surface area contributed by atoms with Gasteiger partial charge in [-0.1, -0.05) is 12.1 Å². The van der Waals surface area contributed by atoms with Crippen LogP contribution in [0, 0.1) is 6.92 Å². The van der Waals surface area contributed by atoms with E-state index in [0.717, 1.165) is 16.6 Å². The minimum atomic E-state index is 0.381. The molecule has 2 aromatic heterocycles. The Labute approximate surface area is 97.9 Å². The first kappa shape index (κ1) is 9.77. The number of aryl methyl sites for hydroxylation is 1. The number of nitrogen functional groups attached to an aromatic ring is 1. The van der Waals surface area contributed by atoms with Gasteiger partial charge in [0.05, 0.1) is 17.2 Å². The molecule has 0 fully saturated rings. The first-order chi connectivity index (χ1) is 8.24. The van der Waals surface area contributed by atoms with Gasteiger partial charge in [-0.3, -0.25) is 0 Å². The quantitative estimate of drug-likeness (QED) is 0.684. The molecule has 5 nitrogen and oxygen atoms in total. The maximum Gasteiger partial charge on any atom is 0.196 e. The molecule has 84 valence electrons. The average Bonchev–Trinajstić information content (AvgIpc) is 2.75. The lowest BCUT2D eigenvalue weighted by Gasteiger charge is -2.05. The number of rotatable bonds is 1. The van der Waals surface area contributed by atoms with E-state index in [2.05, 4.69) is 15.1 Å². The third-order valence-electron chi connectivity index (χ3n) is 2.51. The van der Waals surface area contributed by atoms with Crippen LogP contribution < -0.4 is 5.73 Å². The fraction of sp³-hybridized carbons (Fsp3) is 0.0833. The van der Waals surface area contributed by atoms with Gasteiger partial charge in [0, 0.05) is 6.20 Å². The molecule has 0 radical (unpaired) electrons. The van der Waals surface area contributed by atoms with Crippen molar-refractivity contribution in [1.29, 1.82) is 0 Å². The number of hydrogen-bond acceptors (Lipinski definition) is 4. The maximum absolute atomic E-state index is 5.89. The minimum Gasteiger partial charge on any atom is -0.381 e. The highest BCUT2D eigenvalue weighted by Crippen LogP contribution is 2.17. The van der Waals surface area contributed by atoms with E-state index >= 15 is 0 Å². The van der Waals surface area contributed by atoms with Crippen LogP contribution in [0.4, 0.5) is 5.82 Å². The van der Waals surface area contributed by atoms with E-state index in [4.69, 9.17) is 5.73 Å². The van der Waals surface area contributed by atoms with Gasteiger partial charge in [0.1, 0.15) is 0 Å². The summed E-state index contributed by atoms with van der Waals surface area (Å²) < 4.78 is 1.64. The molecule has 2 N–H and O–H groups in total. The van der Waals surface area contributed by atoms with Gasteiger partial charge in [-0.2, -0.15) is 5.10 Å². The van der Waals surface area contributed by atoms with Crippen LogP contribution in [0.5, 0.6) is 0 Å². The second kappa shape index (κ2) is 3.55. The van der Waals surface area contributed by atoms with Crippen LogP contribution in [0.25, 0.3) is 16.9 Å². The predicted octanol–water partition coefficient (Wildman–Crippen LogP) is 1.71. The van der Waals surface area contributed by atoms with E-state index in [0.29, 0.717) is 11.6 Å². The third-order valence-corrected chi connectivity index (χ3v) is 2.51. The summed E-state index contributed by atoms with van der Waals surface area (Å²) in [6.07, 6.45) is 3.63. The SMILES string of the molecule is Cc1cnn(-c2nc3ccccc3nc2N)c1. The molecule has 1 aromatic carbocycles. The lowest BCUT2D eigenvalue weighted by molar-refractivity contribution is 0.850. The van der Waals surface area contributed by atoms with Crippen LogP contribution in [0.3, 0.4) is 0 Å². The molecular weight excluding hydrogens is 214 g/mol. The molecule has 0 atom stereocenters. The van der Waals surface area contributed by atoms with Crippen molar-refractivity contribution in [3.8, 4) is 5.82 Å². The first-order valence-electron chi connectivity index (χ1n) is 5.28. The number of fused-ring (bicyclic) bond motifs is 1. The molecule has 0 spiro atoms. The first-order valence-corrected chi connectivity index (χ1v) is 5.28. The molecule has 0 aliphatic carbocycles. The third kappa shape index (κ3) is 1.61. The second-order valence-electron chi connectivity index (χ2n) is 3.88. The molecule has 5 heteroatoms. The highest BCUT2D eigenvalue weighted by Gasteiger charge is 2.08. The number of anilines is 1. The number of hydrogen-bond donors (Lipinski definition) is 1. The fourth-order valence-corrected chi connectivity index (χ4v) is 1.70. The van der Waals surface area contributed by atoms with Gasteiger partial charge in [0.15, 0.2) is 11.6 Å². The molecule has 0 saturated heterocycles. The van der Waals surface area contributed by atoms with E-state index in [-0.39, 0.29) is 0 Å². The van der Waals surface area contributed by atoms with Crippen LogP contribution in [0.1, 0.15) is 5.56 Å².